The summed E-state index contributed by atoms with van der Waals surface area (Å²) < 4.78 is 0. The van der Waals surface area contributed by atoms with Crippen LogP contribution in [0.1, 0.15) is 10.4 Å². The molecule has 2 amide bonds. The van der Waals surface area contributed by atoms with Crippen molar-refractivity contribution in [1.82, 2.24) is 5.32 Å². The Morgan fingerprint density at radius 2 is 1.16 bits per heavy atom. The predicted octanol–water partition coefficient (Wildman–Crippen LogP) is 6.45. The van der Waals surface area contributed by atoms with Gasteiger partial charge in [0.1, 0.15) is 34.7 Å². The van der Waals surface area contributed by atoms with Gasteiger partial charge in [-0.1, -0.05) is 84.4 Å². The summed E-state index contributed by atoms with van der Waals surface area (Å²) in [6.45, 7) is 0. The molecule has 0 aliphatic carbocycles. The molecular formula is C34H26ClN3O4P+. The molecule has 0 aliphatic rings. The molecule has 9 heteroatoms. The van der Waals surface area contributed by atoms with Crippen LogP contribution in [0.3, 0.4) is 0 Å². The topological polar surface area (TPSA) is 101 Å². The number of rotatable bonds is 9. The van der Waals surface area contributed by atoms with Crippen molar-refractivity contribution < 1.29 is 14.5 Å². The van der Waals surface area contributed by atoms with Crippen molar-refractivity contribution in [3.05, 3.63) is 172 Å². The summed E-state index contributed by atoms with van der Waals surface area (Å²) >= 11 is 6.33. The van der Waals surface area contributed by atoms with Crippen molar-refractivity contribution in [2.24, 2.45) is 0 Å². The quantitative estimate of drug-likeness (QED) is 0.0871. The number of hydrogen-bond acceptors (Lipinski definition) is 4. The standard InChI is InChI=1S/C34H25ClN3O4P/c35-30-23-26(38(41)42)21-22-31(30)36-34(40)32(37-33(39)25-13-5-1-6-14-25)24-43(27-15-7-2-8-16-27,28-17-9-3-10-18-28)29-19-11-4-12-20-29/h1-24H,(H-,36,37,39,40)/p+1. The van der Waals surface area contributed by atoms with E-state index in [1.54, 1.807) is 30.3 Å². The van der Waals surface area contributed by atoms with Crippen LogP contribution >= 0.6 is 18.9 Å². The number of carbonyl (C=O) groups excluding carboxylic acids is 2. The van der Waals surface area contributed by atoms with Crippen molar-refractivity contribution >= 4 is 58.0 Å². The largest absolute Gasteiger partial charge is 0.319 e. The molecule has 2 N–H and O–H groups in total. The number of anilines is 1. The second-order valence-electron chi connectivity index (χ2n) is 9.47. The summed E-state index contributed by atoms with van der Waals surface area (Å²) in [4.78, 5) is 38.2. The molecule has 0 unspecified atom stereocenters. The van der Waals surface area contributed by atoms with Crippen LogP contribution in [0.2, 0.25) is 5.02 Å². The first-order valence-corrected chi connectivity index (χ1v) is 15.5. The predicted molar refractivity (Wildman–Crippen MR) is 174 cm³/mol. The van der Waals surface area contributed by atoms with Gasteiger partial charge in [0.25, 0.3) is 17.5 Å². The summed E-state index contributed by atoms with van der Waals surface area (Å²) in [6.07, 6.45) is 0. The Kier molecular flexibility index (Phi) is 9.06. The van der Waals surface area contributed by atoms with Crippen molar-refractivity contribution in [3.8, 4) is 0 Å². The summed E-state index contributed by atoms with van der Waals surface area (Å²) in [5.41, 5.74) is 0.337. The van der Waals surface area contributed by atoms with Gasteiger partial charge in [0.05, 0.1) is 15.6 Å². The van der Waals surface area contributed by atoms with Gasteiger partial charge in [-0.3, -0.25) is 19.7 Å². The molecule has 0 aromatic heterocycles. The summed E-state index contributed by atoms with van der Waals surface area (Å²) in [5, 5.41) is 19.7. The number of nitro benzene ring substituents is 1. The molecule has 0 saturated carbocycles. The highest BCUT2D eigenvalue weighted by atomic mass is 35.5. The van der Waals surface area contributed by atoms with Gasteiger partial charge in [0, 0.05) is 17.7 Å². The van der Waals surface area contributed by atoms with Gasteiger partial charge in [-0.05, 0) is 54.6 Å². The highest BCUT2D eigenvalue weighted by Gasteiger charge is 2.45. The van der Waals surface area contributed by atoms with Gasteiger partial charge in [-0.25, -0.2) is 0 Å². The third-order valence-corrected chi connectivity index (χ3v) is 11.0. The Bertz CT molecular complexity index is 1690. The van der Waals surface area contributed by atoms with E-state index in [0.717, 1.165) is 22.0 Å². The van der Waals surface area contributed by atoms with E-state index in [-0.39, 0.29) is 22.1 Å². The minimum atomic E-state index is -2.71. The van der Waals surface area contributed by atoms with E-state index in [1.165, 1.54) is 12.1 Å². The van der Waals surface area contributed by atoms with Crippen LogP contribution in [0.25, 0.3) is 0 Å². The van der Waals surface area contributed by atoms with Gasteiger partial charge in [-0.2, -0.15) is 0 Å². The van der Waals surface area contributed by atoms with E-state index >= 15 is 0 Å². The Morgan fingerprint density at radius 1 is 0.698 bits per heavy atom. The monoisotopic (exact) mass is 606 g/mol. The molecule has 7 nitrogen and oxygen atoms in total. The minimum Gasteiger partial charge on any atom is -0.319 e. The minimum absolute atomic E-state index is 0.00756. The third kappa shape index (κ3) is 6.54. The number of hydrogen-bond donors (Lipinski definition) is 2. The molecule has 5 aromatic carbocycles. The fourth-order valence-corrected chi connectivity index (χ4v) is 8.75. The van der Waals surface area contributed by atoms with E-state index in [0.29, 0.717) is 5.56 Å². The Morgan fingerprint density at radius 3 is 1.60 bits per heavy atom. The average Bonchev–Trinajstić information content (AvgIpc) is 3.05. The van der Waals surface area contributed by atoms with E-state index < -0.39 is 24.0 Å². The average molecular weight is 607 g/mol. The van der Waals surface area contributed by atoms with Crippen molar-refractivity contribution in [1.29, 1.82) is 0 Å². The molecule has 0 saturated heterocycles. The maximum absolute atomic E-state index is 14.1. The first-order valence-electron chi connectivity index (χ1n) is 13.3. The fraction of sp³-hybridized carbons (Fsp3) is 0. The number of carbonyl (C=O) groups is 2. The van der Waals surface area contributed by atoms with E-state index in [2.05, 4.69) is 10.6 Å². The number of halogens is 1. The Hall–Kier alpha value is -5.10. The summed E-state index contributed by atoms with van der Waals surface area (Å²) in [5.74, 6) is 0.749. The number of benzene rings is 5. The van der Waals surface area contributed by atoms with E-state index in [9.17, 15) is 19.7 Å². The van der Waals surface area contributed by atoms with Gasteiger partial charge in [0.15, 0.2) is 0 Å². The molecular weight excluding hydrogens is 581 g/mol. The van der Waals surface area contributed by atoms with E-state index in [4.69, 9.17) is 11.6 Å². The van der Waals surface area contributed by atoms with Crippen LogP contribution in [-0.4, -0.2) is 16.7 Å². The second-order valence-corrected chi connectivity index (χ2v) is 13.1. The van der Waals surface area contributed by atoms with Crippen LogP contribution in [-0.2, 0) is 4.79 Å². The first kappa shape index (κ1) is 29.4. The van der Waals surface area contributed by atoms with Crippen LogP contribution in [0.5, 0.6) is 0 Å². The zero-order chi connectivity index (χ0) is 30.2. The van der Waals surface area contributed by atoms with Gasteiger partial charge in [-0.15, -0.1) is 0 Å². The summed E-state index contributed by atoms with van der Waals surface area (Å²) in [7, 11) is -2.71. The smallest absolute Gasteiger partial charge is 0.275 e. The number of nitrogens with one attached hydrogen (secondary N) is 2. The van der Waals surface area contributed by atoms with Crippen molar-refractivity contribution in [2.75, 3.05) is 5.32 Å². The maximum Gasteiger partial charge on any atom is 0.275 e. The second kappa shape index (κ2) is 13.3. The molecule has 0 heterocycles. The number of non-ortho nitro benzene ring substituents is 1. The van der Waals surface area contributed by atoms with Crippen LogP contribution in [0.15, 0.2) is 151 Å². The Balaban J connectivity index is 1.72. The maximum atomic E-state index is 14.1. The molecule has 0 bridgehead atoms. The number of nitro groups is 1. The molecule has 5 rings (SSSR count). The highest BCUT2D eigenvalue weighted by molar-refractivity contribution is 7.98. The number of amides is 2. The summed E-state index contributed by atoms with van der Waals surface area (Å²) in [6, 6.07) is 42.0. The molecule has 0 atom stereocenters. The van der Waals surface area contributed by atoms with Crippen LogP contribution in [0.4, 0.5) is 11.4 Å². The fourth-order valence-electron chi connectivity index (χ4n) is 4.69. The molecule has 0 fully saturated rings. The SMILES string of the molecule is O=C(Nc1ccc([N+](=O)[O-])cc1Cl)C(=C[P+](c1ccccc1)(c1ccccc1)c1ccccc1)NC(=O)c1ccccc1. The molecule has 0 radical (unpaired) electrons. The van der Waals surface area contributed by atoms with Gasteiger partial charge >= 0.3 is 0 Å². The number of nitrogens with zero attached hydrogens (tertiary/aromatic N) is 1. The molecule has 212 valence electrons. The normalized spacial score (nSPS) is 11.4. The van der Waals surface area contributed by atoms with Crippen molar-refractivity contribution in [3.63, 3.8) is 0 Å². The first-order chi connectivity index (χ1) is 20.9. The van der Waals surface area contributed by atoms with Gasteiger partial charge in [0.2, 0.25) is 0 Å². The zero-order valence-electron chi connectivity index (χ0n) is 22.8. The Labute approximate surface area is 254 Å². The molecule has 5 aromatic rings. The lowest BCUT2D eigenvalue weighted by Gasteiger charge is -2.25. The third-order valence-electron chi connectivity index (χ3n) is 6.75. The highest BCUT2D eigenvalue weighted by Crippen LogP contribution is 2.57. The van der Waals surface area contributed by atoms with E-state index in [1.807, 2.05) is 96.8 Å². The molecule has 0 spiro atoms. The van der Waals surface area contributed by atoms with Gasteiger partial charge < -0.3 is 10.6 Å². The zero-order valence-corrected chi connectivity index (χ0v) is 24.4. The van der Waals surface area contributed by atoms with Crippen LogP contribution < -0.4 is 26.5 Å². The lowest BCUT2D eigenvalue weighted by atomic mass is 10.2. The lowest BCUT2D eigenvalue weighted by Crippen LogP contribution is -2.35. The molecule has 43 heavy (non-hydrogen) atoms. The van der Waals surface area contributed by atoms with Crippen LogP contribution in [0, 0.1) is 10.1 Å². The lowest BCUT2D eigenvalue weighted by molar-refractivity contribution is -0.384. The molecule has 0 aliphatic heterocycles. The van der Waals surface area contributed by atoms with Crippen molar-refractivity contribution in [2.45, 2.75) is 0 Å².